The van der Waals surface area contributed by atoms with Gasteiger partial charge in [-0.15, -0.1) is 11.3 Å². The quantitative estimate of drug-likeness (QED) is 0.628. The zero-order chi connectivity index (χ0) is 14.1. The van der Waals surface area contributed by atoms with E-state index in [0.29, 0.717) is 36.0 Å². The summed E-state index contributed by atoms with van der Waals surface area (Å²) in [6, 6.07) is 6.99. The molecule has 0 saturated heterocycles. The highest BCUT2D eigenvalue weighted by Crippen LogP contribution is 2.34. The number of ether oxygens (including phenoxy) is 3. The number of carbonyl (C=O) groups excluding carboxylic acids is 1. The molecule has 0 N–H and O–H groups in total. The molecule has 0 spiro atoms. The Balaban J connectivity index is 1.81. The molecule has 0 bridgehead atoms. The average molecular weight is 290 g/mol. The predicted octanol–water partition coefficient (Wildman–Crippen LogP) is 3.36. The largest absolute Gasteiger partial charge is 0.486 e. The monoisotopic (exact) mass is 290 g/mol. The fourth-order valence-electron chi connectivity index (χ4n) is 2.08. The first-order valence-corrected chi connectivity index (χ1v) is 7.14. The fourth-order valence-corrected chi connectivity index (χ4v) is 2.99. The van der Waals surface area contributed by atoms with E-state index in [0.717, 1.165) is 9.75 Å². The number of fused-ring (bicyclic) bond motifs is 1. The van der Waals surface area contributed by atoms with E-state index in [1.165, 1.54) is 0 Å². The Bertz CT molecular complexity index is 660. The lowest BCUT2D eigenvalue weighted by atomic mass is 10.2. The Hall–Kier alpha value is -2.01. The molecule has 2 heterocycles. The lowest BCUT2D eigenvalue weighted by molar-refractivity contribution is 0.0733. The summed E-state index contributed by atoms with van der Waals surface area (Å²) >= 11 is 1.59. The molecule has 0 amide bonds. The van der Waals surface area contributed by atoms with Crippen LogP contribution in [0.3, 0.4) is 0 Å². The molecule has 1 aliphatic heterocycles. The molecule has 0 saturated carbocycles. The maximum absolute atomic E-state index is 12.1. The van der Waals surface area contributed by atoms with E-state index >= 15 is 0 Å². The van der Waals surface area contributed by atoms with Crippen molar-refractivity contribution in [3.8, 4) is 17.2 Å². The van der Waals surface area contributed by atoms with Gasteiger partial charge in [0.05, 0.1) is 5.56 Å². The van der Waals surface area contributed by atoms with Crippen LogP contribution < -0.4 is 14.2 Å². The van der Waals surface area contributed by atoms with Crippen molar-refractivity contribution in [3.63, 3.8) is 0 Å². The zero-order valence-corrected chi connectivity index (χ0v) is 12.1. The maximum Gasteiger partial charge on any atom is 0.344 e. The Morgan fingerprint density at radius 3 is 2.60 bits per heavy atom. The van der Waals surface area contributed by atoms with Crippen LogP contribution >= 0.6 is 11.3 Å². The van der Waals surface area contributed by atoms with Crippen molar-refractivity contribution in [1.82, 2.24) is 0 Å². The van der Waals surface area contributed by atoms with Gasteiger partial charge >= 0.3 is 5.97 Å². The second kappa shape index (κ2) is 5.17. The van der Waals surface area contributed by atoms with Crippen LogP contribution in [0, 0.1) is 13.8 Å². The van der Waals surface area contributed by atoms with Gasteiger partial charge < -0.3 is 14.2 Å². The van der Waals surface area contributed by atoms with Crippen molar-refractivity contribution < 1.29 is 19.0 Å². The van der Waals surface area contributed by atoms with Gasteiger partial charge in [0.15, 0.2) is 11.5 Å². The number of benzene rings is 1. The van der Waals surface area contributed by atoms with Crippen LogP contribution in [-0.4, -0.2) is 19.2 Å². The first-order valence-electron chi connectivity index (χ1n) is 6.32. The van der Waals surface area contributed by atoms with Gasteiger partial charge in [0, 0.05) is 15.8 Å². The number of thiophene rings is 1. The van der Waals surface area contributed by atoms with Gasteiger partial charge in [0.1, 0.15) is 19.0 Å². The smallest absolute Gasteiger partial charge is 0.344 e. The zero-order valence-electron chi connectivity index (χ0n) is 11.3. The van der Waals surface area contributed by atoms with E-state index in [-0.39, 0.29) is 5.97 Å². The van der Waals surface area contributed by atoms with Gasteiger partial charge in [-0.3, -0.25) is 0 Å². The minimum absolute atomic E-state index is 0.344. The van der Waals surface area contributed by atoms with Crippen LogP contribution in [0.4, 0.5) is 0 Å². The number of rotatable bonds is 2. The second-order valence-corrected chi connectivity index (χ2v) is 5.98. The van der Waals surface area contributed by atoms with Crippen molar-refractivity contribution in [2.75, 3.05) is 13.2 Å². The molecule has 2 aromatic rings. The molecule has 1 aromatic carbocycles. The van der Waals surface area contributed by atoms with Gasteiger partial charge in [-0.2, -0.15) is 0 Å². The van der Waals surface area contributed by atoms with Crippen LogP contribution in [0.1, 0.15) is 20.1 Å². The van der Waals surface area contributed by atoms with E-state index in [1.807, 2.05) is 19.9 Å². The third-order valence-electron chi connectivity index (χ3n) is 2.99. The third-order valence-corrected chi connectivity index (χ3v) is 3.95. The van der Waals surface area contributed by atoms with Crippen LogP contribution in [0.2, 0.25) is 0 Å². The minimum Gasteiger partial charge on any atom is -0.486 e. The highest BCUT2D eigenvalue weighted by molar-refractivity contribution is 7.12. The number of carbonyl (C=O) groups is 1. The molecule has 0 radical (unpaired) electrons. The highest BCUT2D eigenvalue weighted by Gasteiger charge is 2.17. The first kappa shape index (κ1) is 13.0. The summed E-state index contributed by atoms with van der Waals surface area (Å²) in [7, 11) is 0. The molecule has 0 atom stereocenters. The fraction of sp³-hybridized carbons (Fsp3) is 0.267. The summed E-state index contributed by atoms with van der Waals surface area (Å²) in [5.74, 6) is 1.41. The number of aryl methyl sites for hydroxylation is 2. The molecule has 3 rings (SSSR count). The summed E-state index contributed by atoms with van der Waals surface area (Å²) in [5, 5.41) is 0. The summed E-state index contributed by atoms with van der Waals surface area (Å²) < 4.78 is 16.3. The second-order valence-electron chi connectivity index (χ2n) is 4.52. The standard InChI is InChI=1S/C15H14O4S/c1-9-7-12(10(2)20-9)15(16)19-11-3-4-13-14(8-11)18-6-5-17-13/h3-4,7-8H,5-6H2,1-2H3. The Kier molecular flexibility index (Phi) is 3.36. The molecule has 0 fully saturated rings. The van der Waals surface area contributed by atoms with Gasteiger partial charge in [-0.25, -0.2) is 4.79 Å². The molecule has 20 heavy (non-hydrogen) atoms. The molecular formula is C15H14O4S. The third kappa shape index (κ3) is 2.49. The Labute approximate surface area is 120 Å². The van der Waals surface area contributed by atoms with Gasteiger partial charge in [0.2, 0.25) is 0 Å². The Morgan fingerprint density at radius 2 is 1.90 bits per heavy atom. The van der Waals surface area contributed by atoms with Crippen LogP contribution in [0.5, 0.6) is 17.2 Å². The van der Waals surface area contributed by atoms with Gasteiger partial charge in [-0.1, -0.05) is 0 Å². The summed E-state index contributed by atoms with van der Waals surface area (Å²) in [5.41, 5.74) is 0.613. The SMILES string of the molecule is Cc1cc(C(=O)Oc2ccc3c(c2)OCCO3)c(C)s1. The van der Waals surface area contributed by atoms with Crippen LogP contribution in [-0.2, 0) is 0 Å². The van der Waals surface area contributed by atoms with Crippen molar-refractivity contribution in [3.05, 3.63) is 39.6 Å². The Morgan fingerprint density at radius 1 is 1.15 bits per heavy atom. The summed E-state index contributed by atoms with van der Waals surface area (Å²) in [4.78, 5) is 14.2. The van der Waals surface area contributed by atoms with E-state index < -0.39 is 0 Å². The molecule has 1 aliphatic rings. The topological polar surface area (TPSA) is 44.8 Å². The first-order chi connectivity index (χ1) is 9.63. The average Bonchev–Trinajstić information content (AvgIpc) is 2.78. The van der Waals surface area contributed by atoms with Crippen LogP contribution in [0.25, 0.3) is 0 Å². The normalized spacial score (nSPS) is 13.1. The summed E-state index contributed by atoms with van der Waals surface area (Å²) in [6.07, 6.45) is 0. The van der Waals surface area contributed by atoms with Crippen molar-refractivity contribution in [2.24, 2.45) is 0 Å². The molecule has 1 aromatic heterocycles. The molecular weight excluding hydrogens is 276 g/mol. The van der Waals surface area contributed by atoms with E-state index in [2.05, 4.69) is 0 Å². The predicted molar refractivity (Wildman–Crippen MR) is 76.2 cm³/mol. The van der Waals surface area contributed by atoms with E-state index in [4.69, 9.17) is 14.2 Å². The molecule has 0 aliphatic carbocycles. The van der Waals surface area contributed by atoms with Gasteiger partial charge in [-0.05, 0) is 32.0 Å². The minimum atomic E-state index is -0.344. The maximum atomic E-state index is 12.1. The lowest BCUT2D eigenvalue weighted by Crippen LogP contribution is -2.15. The van der Waals surface area contributed by atoms with Gasteiger partial charge in [0.25, 0.3) is 0 Å². The molecule has 0 unspecified atom stereocenters. The molecule has 104 valence electrons. The highest BCUT2D eigenvalue weighted by atomic mass is 32.1. The van der Waals surface area contributed by atoms with Crippen molar-refractivity contribution in [1.29, 1.82) is 0 Å². The molecule has 5 heteroatoms. The van der Waals surface area contributed by atoms with Crippen molar-refractivity contribution >= 4 is 17.3 Å². The number of hydrogen-bond acceptors (Lipinski definition) is 5. The van der Waals surface area contributed by atoms with Crippen LogP contribution in [0.15, 0.2) is 24.3 Å². The summed E-state index contributed by atoms with van der Waals surface area (Å²) in [6.45, 7) is 4.93. The van der Waals surface area contributed by atoms with Crippen molar-refractivity contribution in [2.45, 2.75) is 13.8 Å². The molecule has 4 nitrogen and oxygen atoms in total. The number of esters is 1. The van der Waals surface area contributed by atoms with E-state index in [9.17, 15) is 4.79 Å². The van der Waals surface area contributed by atoms with E-state index in [1.54, 1.807) is 29.5 Å². The number of hydrogen-bond donors (Lipinski definition) is 0. The lowest BCUT2D eigenvalue weighted by Gasteiger charge is -2.18.